The topological polar surface area (TPSA) is 92.8 Å². The maximum atomic E-state index is 11.5. The van der Waals surface area contributed by atoms with Crippen LogP contribution in [-0.4, -0.2) is 16.2 Å². The number of rotatable bonds is 4. The second-order valence-electron chi connectivity index (χ2n) is 3.76. The highest BCUT2D eigenvalue weighted by atomic mass is 16.7. The molecule has 5 heteroatoms. The summed E-state index contributed by atoms with van der Waals surface area (Å²) in [4.78, 5) is 15.7. The van der Waals surface area contributed by atoms with Gasteiger partial charge in [0.25, 0.3) is 0 Å². The first-order valence-electron chi connectivity index (χ1n) is 5.54. The molecule has 94 valence electrons. The highest BCUT2D eigenvalue weighted by Gasteiger charge is 2.20. The van der Waals surface area contributed by atoms with E-state index in [0.717, 1.165) is 6.42 Å². The van der Waals surface area contributed by atoms with E-state index in [1.54, 1.807) is 0 Å². The molecule has 0 aromatic heterocycles. The molecule has 5 nitrogen and oxygen atoms in total. The summed E-state index contributed by atoms with van der Waals surface area (Å²) in [5, 5.41) is 19.3. The summed E-state index contributed by atoms with van der Waals surface area (Å²) in [5.74, 6) is 3.64. The number of phenols is 2. The predicted molar refractivity (Wildman–Crippen MR) is 62.7 cm³/mol. The average molecular weight is 239 g/mol. The van der Waals surface area contributed by atoms with Gasteiger partial charge in [-0.2, -0.15) is 5.90 Å². The van der Waals surface area contributed by atoms with Gasteiger partial charge in [-0.1, -0.05) is 20.3 Å². The van der Waals surface area contributed by atoms with Gasteiger partial charge < -0.3 is 15.1 Å². The molecule has 0 radical (unpaired) electrons. The first-order valence-corrected chi connectivity index (χ1v) is 5.54. The van der Waals surface area contributed by atoms with E-state index < -0.39 is 5.97 Å². The van der Waals surface area contributed by atoms with Crippen LogP contribution in [0, 0.1) is 0 Å². The zero-order valence-corrected chi connectivity index (χ0v) is 9.99. The van der Waals surface area contributed by atoms with Crippen molar-refractivity contribution < 1.29 is 19.8 Å². The summed E-state index contributed by atoms with van der Waals surface area (Å²) in [6.45, 7) is 3.80. The Labute approximate surface area is 99.8 Å². The van der Waals surface area contributed by atoms with E-state index in [1.165, 1.54) is 6.07 Å². The van der Waals surface area contributed by atoms with Crippen LogP contribution < -0.4 is 5.90 Å². The van der Waals surface area contributed by atoms with Crippen molar-refractivity contribution in [3.63, 3.8) is 0 Å². The zero-order valence-electron chi connectivity index (χ0n) is 9.99. The molecular weight excluding hydrogens is 222 g/mol. The van der Waals surface area contributed by atoms with Crippen LogP contribution in [0.25, 0.3) is 0 Å². The largest absolute Gasteiger partial charge is 0.504 e. The van der Waals surface area contributed by atoms with Crippen molar-refractivity contribution in [3.8, 4) is 11.5 Å². The number of benzene rings is 1. The normalized spacial score (nSPS) is 10.3. The van der Waals surface area contributed by atoms with Gasteiger partial charge >= 0.3 is 5.97 Å². The van der Waals surface area contributed by atoms with Crippen LogP contribution in [0.1, 0.15) is 41.8 Å². The Bertz CT molecular complexity index is 429. The first-order chi connectivity index (χ1) is 8.06. The first kappa shape index (κ1) is 13.3. The van der Waals surface area contributed by atoms with Gasteiger partial charge in [-0.15, -0.1) is 0 Å². The molecule has 17 heavy (non-hydrogen) atoms. The molecule has 0 aliphatic heterocycles. The fourth-order valence-electron chi connectivity index (χ4n) is 1.91. The lowest BCUT2D eigenvalue weighted by atomic mass is 9.94. The lowest BCUT2D eigenvalue weighted by molar-refractivity contribution is 0.0501. The minimum Gasteiger partial charge on any atom is -0.504 e. The maximum Gasteiger partial charge on any atom is 0.357 e. The third kappa shape index (κ3) is 2.50. The van der Waals surface area contributed by atoms with Gasteiger partial charge in [0.2, 0.25) is 0 Å². The van der Waals surface area contributed by atoms with Gasteiger partial charge in [0.15, 0.2) is 11.5 Å². The summed E-state index contributed by atoms with van der Waals surface area (Å²) in [6.07, 6.45) is 1.93. The van der Waals surface area contributed by atoms with E-state index in [-0.39, 0.29) is 17.1 Å². The molecule has 0 amide bonds. The maximum absolute atomic E-state index is 11.5. The van der Waals surface area contributed by atoms with Crippen molar-refractivity contribution in [2.75, 3.05) is 0 Å². The number of phenolic OH excluding ortho intramolecular Hbond substituents is 2. The number of hydrogen-bond acceptors (Lipinski definition) is 5. The lowest BCUT2D eigenvalue weighted by Gasteiger charge is -2.14. The van der Waals surface area contributed by atoms with Crippen LogP contribution in [0.3, 0.4) is 0 Å². The molecule has 0 aliphatic rings. The van der Waals surface area contributed by atoms with Crippen molar-refractivity contribution in [2.45, 2.75) is 33.1 Å². The van der Waals surface area contributed by atoms with Gasteiger partial charge in [-0.05, 0) is 24.5 Å². The molecule has 0 unspecified atom stereocenters. The van der Waals surface area contributed by atoms with Crippen LogP contribution >= 0.6 is 0 Å². The highest BCUT2D eigenvalue weighted by Crippen LogP contribution is 2.35. The van der Waals surface area contributed by atoms with E-state index in [9.17, 15) is 15.0 Å². The second-order valence-corrected chi connectivity index (χ2v) is 3.76. The van der Waals surface area contributed by atoms with Crippen molar-refractivity contribution >= 4 is 5.97 Å². The molecule has 0 spiro atoms. The summed E-state index contributed by atoms with van der Waals surface area (Å²) in [6, 6.07) is 1.19. The molecule has 0 atom stereocenters. The summed E-state index contributed by atoms with van der Waals surface area (Å²) < 4.78 is 0. The number of hydrogen-bond donors (Lipinski definition) is 3. The van der Waals surface area contributed by atoms with Crippen molar-refractivity contribution in [1.82, 2.24) is 0 Å². The second kappa shape index (κ2) is 5.54. The molecule has 0 aliphatic carbocycles. The van der Waals surface area contributed by atoms with Crippen molar-refractivity contribution in [2.24, 2.45) is 5.90 Å². The molecule has 0 saturated heterocycles. The molecule has 0 heterocycles. The third-order valence-corrected chi connectivity index (χ3v) is 2.68. The number of carbonyl (C=O) groups is 1. The predicted octanol–water partition coefficient (Wildman–Crippen LogP) is 1.64. The van der Waals surface area contributed by atoms with Gasteiger partial charge in [0.05, 0.1) is 5.56 Å². The number of aromatic hydroxyl groups is 2. The van der Waals surface area contributed by atoms with Crippen LogP contribution in [0.5, 0.6) is 11.5 Å². The summed E-state index contributed by atoms with van der Waals surface area (Å²) in [5.41, 5.74) is 1.45. The Morgan fingerprint density at radius 2 is 2.00 bits per heavy atom. The van der Waals surface area contributed by atoms with Crippen molar-refractivity contribution in [3.05, 3.63) is 22.8 Å². The van der Waals surface area contributed by atoms with Crippen LogP contribution in [-0.2, 0) is 17.7 Å². The Hall–Kier alpha value is -1.75. The van der Waals surface area contributed by atoms with Gasteiger partial charge in [-0.25, -0.2) is 4.79 Å². The van der Waals surface area contributed by atoms with Gasteiger partial charge in [0, 0.05) is 5.56 Å². The van der Waals surface area contributed by atoms with E-state index in [0.29, 0.717) is 24.0 Å². The van der Waals surface area contributed by atoms with Crippen molar-refractivity contribution in [1.29, 1.82) is 0 Å². The standard InChI is InChI=1S/C12H17NO4/c1-3-5-8-7(4-2)11(15)10(14)6-9(8)12(16)17-13/h6,14-15H,3-5,13H2,1-2H3. The zero-order chi connectivity index (χ0) is 13.0. The van der Waals surface area contributed by atoms with Crippen LogP contribution in [0.2, 0.25) is 0 Å². The summed E-state index contributed by atoms with van der Waals surface area (Å²) in [7, 11) is 0. The minimum atomic E-state index is -0.710. The van der Waals surface area contributed by atoms with E-state index >= 15 is 0 Å². The minimum absolute atomic E-state index is 0.176. The lowest BCUT2D eigenvalue weighted by Crippen LogP contribution is -2.14. The monoisotopic (exact) mass is 239 g/mol. The Morgan fingerprint density at radius 3 is 2.47 bits per heavy atom. The third-order valence-electron chi connectivity index (χ3n) is 2.68. The molecule has 1 aromatic carbocycles. The highest BCUT2D eigenvalue weighted by molar-refractivity contribution is 5.92. The molecular formula is C12H17NO4. The van der Waals surface area contributed by atoms with Crippen LogP contribution in [0.4, 0.5) is 0 Å². The Kier molecular flexibility index (Phi) is 4.34. The quantitative estimate of drug-likeness (QED) is 0.548. The van der Waals surface area contributed by atoms with Gasteiger partial charge in [0.1, 0.15) is 0 Å². The average Bonchev–Trinajstić information content (AvgIpc) is 2.33. The van der Waals surface area contributed by atoms with E-state index in [4.69, 9.17) is 5.90 Å². The fraction of sp³-hybridized carbons (Fsp3) is 0.417. The number of carbonyl (C=O) groups excluding carboxylic acids is 1. The smallest absolute Gasteiger partial charge is 0.357 e. The van der Waals surface area contributed by atoms with Crippen LogP contribution in [0.15, 0.2) is 6.07 Å². The fourth-order valence-corrected chi connectivity index (χ4v) is 1.91. The van der Waals surface area contributed by atoms with Gasteiger partial charge in [-0.3, -0.25) is 0 Å². The molecule has 0 fully saturated rings. The molecule has 0 saturated carbocycles. The molecule has 1 rings (SSSR count). The Balaban J connectivity index is 3.46. The summed E-state index contributed by atoms with van der Waals surface area (Å²) >= 11 is 0. The van der Waals surface area contributed by atoms with E-state index in [1.807, 2.05) is 13.8 Å². The molecule has 4 N–H and O–H groups in total. The molecule has 0 bridgehead atoms. The number of nitrogens with two attached hydrogens (primary N) is 1. The Morgan fingerprint density at radius 1 is 1.35 bits per heavy atom. The molecule has 1 aromatic rings. The van der Waals surface area contributed by atoms with E-state index in [2.05, 4.69) is 4.84 Å². The SMILES string of the molecule is CCCc1c(C(=O)ON)cc(O)c(O)c1CC.